The molecule has 0 saturated carbocycles. The van der Waals surface area contributed by atoms with Crippen molar-refractivity contribution in [2.24, 2.45) is 0 Å². The summed E-state index contributed by atoms with van der Waals surface area (Å²) >= 11 is 0. The second kappa shape index (κ2) is 6.28. The molecule has 1 aromatic heterocycles. The van der Waals surface area contributed by atoms with Crippen molar-refractivity contribution in [3.63, 3.8) is 0 Å². The lowest BCUT2D eigenvalue weighted by Gasteiger charge is -2.03. The summed E-state index contributed by atoms with van der Waals surface area (Å²) in [6.07, 6.45) is 0.841. The highest BCUT2D eigenvalue weighted by molar-refractivity contribution is 5.77. The van der Waals surface area contributed by atoms with Crippen molar-refractivity contribution in [3.05, 3.63) is 64.7 Å². The molecule has 0 unspecified atom stereocenters. The van der Waals surface area contributed by atoms with Gasteiger partial charge in [-0.05, 0) is 54.8 Å². The van der Waals surface area contributed by atoms with Crippen LogP contribution in [0.15, 0.2) is 36.4 Å². The summed E-state index contributed by atoms with van der Waals surface area (Å²) in [5.74, 6) is 0.795. The molecule has 0 amide bonds. The third-order valence-corrected chi connectivity index (χ3v) is 3.93. The molecule has 2 N–H and O–H groups in total. The Morgan fingerprint density at radius 2 is 1.82 bits per heavy atom. The molecule has 4 heteroatoms. The van der Waals surface area contributed by atoms with Crippen LogP contribution in [0.5, 0.6) is 0 Å². The number of fused-ring (bicyclic) bond motifs is 1. The van der Waals surface area contributed by atoms with Crippen LogP contribution < -0.4 is 5.32 Å². The molecule has 0 aliphatic heterocycles. The minimum absolute atomic E-state index is 0.198. The van der Waals surface area contributed by atoms with Crippen molar-refractivity contribution in [1.29, 1.82) is 0 Å². The molecule has 22 heavy (non-hydrogen) atoms. The number of nitrogens with zero attached hydrogens (tertiary/aromatic N) is 1. The normalized spacial score (nSPS) is 11.2. The van der Waals surface area contributed by atoms with Gasteiger partial charge in [0, 0.05) is 19.5 Å². The van der Waals surface area contributed by atoms with Crippen LogP contribution in [-0.2, 0) is 13.0 Å². The summed E-state index contributed by atoms with van der Waals surface area (Å²) in [5.41, 5.74) is 5.74. The molecule has 0 atom stereocenters. The fraction of sp³-hybridized carbons (Fsp3) is 0.278. The van der Waals surface area contributed by atoms with E-state index in [1.54, 1.807) is 12.1 Å². The fourth-order valence-electron chi connectivity index (χ4n) is 2.48. The summed E-state index contributed by atoms with van der Waals surface area (Å²) in [6.45, 7) is 5.78. The van der Waals surface area contributed by atoms with Crippen molar-refractivity contribution in [3.8, 4) is 0 Å². The van der Waals surface area contributed by atoms with Crippen molar-refractivity contribution >= 4 is 11.0 Å². The zero-order valence-electron chi connectivity index (χ0n) is 12.9. The number of aromatic nitrogens is 2. The average molecular weight is 297 g/mol. The Bertz CT molecular complexity index is 736. The Morgan fingerprint density at radius 3 is 2.59 bits per heavy atom. The number of rotatable bonds is 5. The van der Waals surface area contributed by atoms with Crippen molar-refractivity contribution in [2.45, 2.75) is 26.8 Å². The largest absolute Gasteiger partial charge is 0.342 e. The predicted molar refractivity (Wildman–Crippen MR) is 87.4 cm³/mol. The van der Waals surface area contributed by atoms with Gasteiger partial charge in [-0.1, -0.05) is 12.1 Å². The van der Waals surface area contributed by atoms with Gasteiger partial charge < -0.3 is 10.3 Å². The highest BCUT2D eigenvalue weighted by Crippen LogP contribution is 2.17. The average Bonchev–Trinajstić information content (AvgIpc) is 2.88. The number of aromatic amines is 1. The molecule has 2 aromatic carbocycles. The van der Waals surface area contributed by atoms with Crippen LogP contribution in [0.3, 0.4) is 0 Å². The molecule has 0 radical (unpaired) electrons. The van der Waals surface area contributed by atoms with E-state index in [9.17, 15) is 4.39 Å². The van der Waals surface area contributed by atoms with Gasteiger partial charge in [-0.3, -0.25) is 0 Å². The maximum absolute atomic E-state index is 12.8. The van der Waals surface area contributed by atoms with Crippen molar-refractivity contribution in [1.82, 2.24) is 15.3 Å². The topological polar surface area (TPSA) is 40.7 Å². The highest BCUT2D eigenvalue weighted by atomic mass is 19.1. The van der Waals surface area contributed by atoms with Crippen LogP contribution in [0, 0.1) is 19.7 Å². The van der Waals surface area contributed by atoms with Gasteiger partial charge in [0.05, 0.1) is 11.0 Å². The number of hydrogen-bond acceptors (Lipinski definition) is 2. The van der Waals surface area contributed by atoms with E-state index in [0.717, 1.165) is 41.9 Å². The third kappa shape index (κ3) is 3.34. The molecular formula is C18H20FN3. The van der Waals surface area contributed by atoms with Crippen LogP contribution in [0.4, 0.5) is 4.39 Å². The second-order valence-electron chi connectivity index (χ2n) is 5.69. The number of aryl methyl sites for hydroxylation is 2. The second-order valence-corrected chi connectivity index (χ2v) is 5.69. The lowest BCUT2D eigenvalue weighted by molar-refractivity contribution is 0.624. The molecule has 0 fully saturated rings. The van der Waals surface area contributed by atoms with Gasteiger partial charge in [-0.15, -0.1) is 0 Å². The van der Waals surface area contributed by atoms with Crippen molar-refractivity contribution in [2.75, 3.05) is 6.54 Å². The third-order valence-electron chi connectivity index (χ3n) is 3.93. The summed E-state index contributed by atoms with van der Waals surface area (Å²) in [6, 6.07) is 10.8. The standard InChI is InChI=1S/C18H20FN3/c1-12-9-16-17(10-13(12)2)22-18(21-16)7-8-20-11-14-3-5-15(19)6-4-14/h3-6,9-10,20H,7-8,11H2,1-2H3,(H,21,22). The summed E-state index contributed by atoms with van der Waals surface area (Å²) in [7, 11) is 0. The smallest absolute Gasteiger partial charge is 0.123 e. The number of imidazole rings is 1. The molecule has 3 aromatic rings. The number of nitrogens with one attached hydrogen (secondary N) is 2. The molecule has 1 heterocycles. The van der Waals surface area contributed by atoms with Crippen LogP contribution in [-0.4, -0.2) is 16.5 Å². The molecule has 0 saturated heterocycles. The van der Waals surface area contributed by atoms with E-state index in [4.69, 9.17) is 0 Å². The number of hydrogen-bond donors (Lipinski definition) is 2. The van der Waals surface area contributed by atoms with E-state index in [2.05, 4.69) is 41.3 Å². The number of halogens is 1. The van der Waals surface area contributed by atoms with Gasteiger partial charge in [-0.2, -0.15) is 0 Å². The van der Waals surface area contributed by atoms with E-state index in [0.29, 0.717) is 0 Å². The Kier molecular flexibility index (Phi) is 4.20. The van der Waals surface area contributed by atoms with Gasteiger partial charge in [0.25, 0.3) is 0 Å². The summed E-state index contributed by atoms with van der Waals surface area (Å²) in [5, 5.41) is 3.35. The van der Waals surface area contributed by atoms with E-state index in [-0.39, 0.29) is 5.82 Å². The summed E-state index contributed by atoms with van der Waals surface area (Å²) in [4.78, 5) is 7.99. The molecule has 0 aliphatic rings. The first-order valence-corrected chi connectivity index (χ1v) is 7.53. The van der Waals surface area contributed by atoms with E-state index >= 15 is 0 Å². The highest BCUT2D eigenvalue weighted by Gasteiger charge is 2.04. The fourth-order valence-corrected chi connectivity index (χ4v) is 2.48. The molecule has 0 bridgehead atoms. The number of benzene rings is 2. The maximum Gasteiger partial charge on any atom is 0.123 e. The van der Waals surface area contributed by atoms with Gasteiger partial charge in [0.2, 0.25) is 0 Å². The molecule has 0 spiro atoms. The molecular weight excluding hydrogens is 277 g/mol. The van der Waals surface area contributed by atoms with Crippen LogP contribution in [0.2, 0.25) is 0 Å². The van der Waals surface area contributed by atoms with Crippen LogP contribution in [0.25, 0.3) is 11.0 Å². The monoisotopic (exact) mass is 297 g/mol. The number of H-pyrrole nitrogens is 1. The quantitative estimate of drug-likeness (QED) is 0.706. The van der Waals surface area contributed by atoms with Crippen LogP contribution >= 0.6 is 0 Å². The Labute approximate surface area is 129 Å². The minimum Gasteiger partial charge on any atom is -0.342 e. The first kappa shape index (κ1) is 14.7. The zero-order valence-corrected chi connectivity index (χ0v) is 12.9. The zero-order chi connectivity index (χ0) is 15.5. The predicted octanol–water partition coefficient (Wildman–Crippen LogP) is 3.65. The van der Waals surface area contributed by atoms with Gasteiger partial charge in [0.1, 0.15) is 11.6 Å². The Balaban J connectivity index is 1.56. The first-order valence-electron chi connectivity index (χ1n) is 7.53. The van der Waals surface area contributed by atoms with E-state index in [1.807, 2.05) is 0 Å². The lowest BCUT2D eigenvalue weighted by Crippen LogP contribution is -2.17. The molecule has 114 valence electrons. The van der Waals surface area contributed by atoms with Gasteiger partial charge in [0.15, 0.2) is 0 Å². The molecule has 3 rings (SSSR count). The Hall–Kier alpha value is -2.20. The van der Waals surface area contributed by atoms with Gasteiger partial charge >= 0.3 is 0 Å². The van der Waals surface area contributed by atoms with Crippen LogP contribution in [0.1, 0.15) is 22.5 Å². The summed E-state index contributed by atoms with van der Waals surface area (Å²) < 4.78 is 12.8. The Morgan fingerprint density at radius 1 is 1.09 bits per heavy atom. The van der Waals surface area contributed by atoms with E-state index < -0.39 is 0 Å². The van der Waals surface area contributed by atoms with E-state index in [1.165, 1.54) is 23.3 Å². The molecule has 3 nitrogen and oxygen atoms in total. The van der Waals surface area contributed by atoms with Gasteiger partial charge in [-0.25, -0.2) is 9.37 Å². The first-order chi connectivity index (χ1) is 10.6. The minimum atomic E-state index is -0.198. The SMILES string of the molecule is Cc1cc2nc(CCNCc3ccc(F)cc3)[nH]c2cc1C. The molecule has 0 aliphatic carbocycles. The van der Waals surface area contributed by atoms with Crippen molar-refractivity contribution < 1.29 is 4.39 Å². The maximum atomic E-state index is 12.8. The lowest BCUT2D eigenvalue weighted by atomic mass is 10.1.